The van der Waals surface area contributed by atoms with Crippen molar-refractivity contribution >= 4 is 17.6 Å². The van der Waals surface area contributed by atoms with E-state index in [1.807, 2.05) is 0 Å². The summed E-state index contributed by atoms with van der Waals surface area (Å²) >= 11 is 0. The Hall–Kier alpha value is -1.10. The second-order valence-corrected chi connectivity index (χ2v) is 2.56. The summed E-state index contributed by atoms with van der Waals surface area (Å²) in [6.07, 6.45) is 1.13. The molecule has 1 amide bonds. The molecule has 4 nitrogen and oxygen atoms in total. The molecule has 0 bridgehead atoms. The van der Waals surface area contributed by atoms with Crippen LogP contribution in [0.2, 0.25) is 0 Å². The molecule has 1 rings (SSSR count). The second-order valence-electron chi connectivity index (χ2n) is 2.56. The minimum absolute atomic E-state index is 0. The van der Waals surface area contributed by atoms with Gasteiger partial charge in [0.1, 0.15) is 0 Å². The fraction of sp³-hybridized carbons (Fsp3) is 0. The minimum atomic E-state index is -1.24. The summed E-state index contributed by atoms with van der Waals surface area (Å²) < 4.78 is 0. The monoisotopic (exact) mass is 213 g/mol. The third-order valence-corrected chi connectivity index (χ3v) is 1.57. The van der Waals surface area contributed by atoms with Gasteiger partial charge in [-0.25, -0.2) is 0 Å². The summed E-state index contributed by atoms with van der Waals surface area (Å²) in [4.78, 5) is 21.2. The molecule has 1 N–H and O–H groups in total. The first kappa shape index (κ1) is 13.9. The Balaban J connectivity index is 0.00000196. The van der Waals surface area contributed by atoms with Crippen LogP contribution in [0, 0.1) is 0 Å². The quantitative estimate of drug-likeness (QED) is 0.435. The summed E-state index contributed by atoms with van der Waals surface area (Å²) in [6.45, 7) is 3.29. The van der Waals surface area contributed by atoms with E-state index in [0.717, 1.165) is 6.08 Å². The number of anilines is 1. The van der Waals surface area contributed by atoms with E-state index in [4.69, 9.17) is 0 Å². The fourth-order valence-corrected chi connectivity index (χ4v) is 0.883. The van der Waals surface area contributed by atoms with Crippen LogP contribution in [0.3, 0.4) is 0 Å². The van der Waals surface area contributed by atoms with Gasteiger partial charge in [-0.3, -0.25) is 4.79 Å². The van der Waals surface area contributed by atoms with Crippen molar-refractivity contribution < 1.29 is 44.3 Å². The van der Waals surface area contributed by atoms with Gasteiger partial charge in [0.05, 0.1) is 5.97 Å². The average molecular weight is 213 g/mol. The van der Waals surface area contributed by atoms with Crippen molar-refractivity contribution in [2.24, 2.45) is 0 Å². The smallest absolute Gasteiger partial charge is 0.545 e. The molecule has 0 fully saturated rings. The molecule has 0 unspecified atom stereocenters. The van der Waals surface area contributed by atoms with Gasteiger partial charge >= 0.3 is 29.6 Å². The largest absolute Gasteiger partial charge is 1.00 e. The van der Waals surface area contributed by atoms with Gasteiger partial charge in [-0.1, -0.05) is 18.7 Å². The first-order valence-corrected chi connectivity index (χ1v) is 3.88. The van der Waals surface area contributed by atoms with E-state index in [-0.39, 0.29) is 41.0 Å². The molecule has 0 heterocycles. The normalized spacial score (nSPS) is 8.53. The van der Waals surface area contributed by atoms with E-state index >= 15 is 0 Å². The SMILES string of the molecule is C=CC(=O)Nc1ccc(C(=O)[O-])cc1.[Na+]. The van der Waals surface area contributed by atoms with Crippen LogP contribution in [-0.2, 0) is 4.79 Å². The fourth-order valence-electron chi connectivity index (χ4n) is 0.883. The molecule has 0 spiro atoms. The maximum Gasteiger partial charge on any atom is 1.00 e. The van der Waals surface area contributed by atoms with Crippen molar-refractivity contribution in [3.63, 3.8) is 0 Å². The van der Waals surface area contributed by atoms with E-state index in [0.29, 0.717) is 5.69 Å². The molecule has 0 radical (unpaired) electrons. The van der Waals surface area contributed by atoms with E-state index in [1.54, 1.807) is 0 Å². The summed E-state index contributed by atoms with van der Waals surface area (Å²) in [6, 6.07) is 5.67. The number of carbonyl (C=O) groups excluding carboxylic acids is 2. The summed E-state index contributed by atoms with van der Waals surface area (Å²) in [5, 5.41) is 12.9. The number of benzene rings is 1. The van der Waals surface area contributed by atoms with Gasteiger partial charge in [0.2, 0.25) is 5.91 Å². The van der Waals surface area contributed by atoms with Crippen LogP contribution in [0.4, 0.5) is 5.69 Å². The molecule has 72 valence electrons. The maximum absolute atomic E-state index is 10.8. The van der Waals surface area contributed by atoms with E-state index in [2.05, 4.69) is 11.9 Å². The van der Waals surface area contributed by atoms with Crippen LogP contribution in [0.15, 0.2) is 36.9 Å². The molecule has 5 heteroatoms. The summed E-state index contributed by atoms with van der Waals surface area (Å²) in [5.41, 5.74) is 0.585. The molecular weight excluding hydrogens is 205 g/mol. The number of hydrogen-bond acceptors (Lipinski definition) is 3. The molecule has 0 aliphatic heterocycles. The van der Waals surface area contributed by atoms with Crippen molar-refractivity contribution in [3.8, 4) is 0 Å². The Bertz CT molecular complexity index is 373. The molecule has 0 aliphatic rings. The predicted molar refractivity (Wildman–Crippen MR) is 49.6 cm³/mol. The van der Waals surface area contributed by atoms with Crippen molar-refractivity contribution in [2.75, 3.05) is 5.32 Å². The molecule has 0 atom stereocenters. The zero-order chi connectivity index (χ0) is 10.6. The van der Waals surface area contributed by atoms with E-state index in [1.165, 1.54) is 24.3 Å². The van der Waals surface area contributed by atoms with Crippen molar-refractivity contribution in [3.05, 3.63) is 42.5 Å². The zero-order valence-electron chi connectivity index (χ0n) is 8.32. The zero-order valence-corrected chi connectivity index (χ0v) is 10.3. The number of aromatic carboxylic acids is 1. The van der Waals surface area contributed by atoms with Crippen molar-refractivity contribution in [2.45, 2.75) is 0 Å². The topological polar surface area (TPSA) is 69.2 Å². The second kappa shape index (κ2) is 6.40. The number of amides is 1. The van der Waals surface area contributed by atoms with Gasteiger partial charge in [0.25, 0.3) is 0 Å². The van der Waals surface area contributed by atoms with Gasteiger partial charge in [0, 0.05) is 5.69 Å². The summed E-state index contributed by atoms with van der Waals surface area (Å²) in [7, 11) is 0. The Kier molecular flexibility index (Phi) is 5.93. The third-order valence-electron chi connectivity index (χ3n) is 1.57. The number of nitrogens with one attached hydrogen (secondary N) is 1. The number of carboxylic acid groups (broad SMARTS) is 1. The van der Waals surface area contributed by atoms with Crippen LogP contribution in [0.25, 0.3) is 0 Å². The maximum atomic E-state index is 10.8. The van der Waals surface area contributed by atoms with Gasteiger partial charge in [-0.05, 0) is 23.8 Å². The molecule has 0 aliphatic carbocycles. The van der Waals surface area contributed by atoms with Crippen LogP contribution in [0.1, 0.15) is 10.4 Å². The van der Waals surface area contributed by atoms with Crippen LogP contribution in [0.5, 0.6) is 0 Å². The number of hydrogen-bond donors (Lipinski definition) is 1. The first-order valence-electron chi connectivity index (χ1n) is 3.88. The van der Waals surface area contributed by atoms with Gasteiger partial charge < -0.3 is 15.2 Å². The number of rotatable bonds is 3. The molecular formula is C10H8NNaO3. The van der Waals surface area contributed by atoms with E-state index in [9.17, 15) is 14.7 Å². The predicted octanol–water partition coefficient (Wildman–Crippen LogP) is -2.82. The number of carboxylic acids is 1. The number of carbonyl (C=O) groups is 2. The van der Waals surface area contributed by atoms with Crippen molar-refractivity contribution in [1.82, 2.24) is 0 Å². The minimum Gasteiger partial charge on any atom is -0.545 e. The Morgan fingerprint density at radius 3 is 2.20 bits per heavy atom. The third kappa shape index (κ3) is 4.29. The van der Waals surface area contributed by atoms with Gasteiger partial charge in [0.15, 0.2) is 0 Å². The Labute approximate surface area is 109 Å². The Morgan fingerprint density at radius 2 is 1.80 bits per heavy atom. The first-order chi connectivity index (χ1) is 6.63. The van der Waals surface area contributed by atoms with Crippen molar-refractivity contribution in [1.29, 1.82) is 0 Å². The van der Waals surface area contributed by atoms with Gasteiger partial charge in [-0.15, -0.1) is 0 Å². The Morgan fingerprint density at radius 1 is 1.27 bits per heavy atom. The molecule has 0 saturated heterocycles. The average Bonchev–Trinajstić information content (AvgIpc) is 2.18. The van der Waals surface area contributed by atoms with Crippen LogP contribution >= 0.6 is 0 Å². The molecule has 15 heavy (non-hydrogen) atoms. The molecule has 0 aromatic heterocycles. The molecule has 0 saturated carbocycles. The molecule has 1 aromatic rings. The standard InChI is InChI=1S/C10H9NO3.Na/c1-2-9(12)11-8-5-3-7(4-6-8)10(13)14;/h2-6H,1H2,(H,11,12)(H,13,14);/q;+1/p-1. The summed E-state index contributed by atoms with van der Waals surface area (Å²) in [5.74, 6) is -1.59. The van der Waals surface area contributed by atoms with E-state index < -0.39 is 5.97 Å². The van der Waals surface area contributed by atoms with Crippen LogP contribution in [-0.4, -0.2) is 11.9 Å². The van der Waals surface area contributed by atoms with Gasteiger partial charge in [-0.2, -0.15) is 0 Å². The van der Waals surface area contributed by atoms with Crippen LogP contribution < -0.4 is 40.0 Å². The molecule has 1 aromatic carbocycles.